The van der Waals surface area contributed by atoms with Gasteiger partial charge in [-0.2, -0.15) is 0 Å². The van der Waals surface area contributed by atoms with Crippen LogP contribution in [0.5, 0.6) is 5.75 Å². The van der Waals surface area contributed by atoms with Crippen LogP contribution in [0.2, 0.25) is 0 Å². The van der Waals surface area contributed by atoms with E-state index < -0.39 is 6.36 Å². The molecular weight excluding hydrogens is 326 g/mol. The Morgan fingerprint density at radius 1 is 1.53 bits per heavy atom. The zero-order valence-electron chi connectivity index (χ0n) is 7.60. The minimum absolute atomic E-state index is 0.312. The van der Waals surface area contributed by atoms with Gasteiger partial charge in [-0.1, -0.05) is 0 Å². The van der Waals surface area contributed by atoms with Crippen LogP contribution in [0, 0.1) is 10.5 Å². The second kappa shape index (κ2) is 4.52. The van der Waals surface area contributed by atoms with Crippen molar-refractivity contribution in [1.29, 1.82) is 0 Å². The molecule has 1 heterocycles. The average molecular weight is 333 g/mol. The van der Waals surface area contributed by atoms with Gasteiger partial charge in [0.15, 0.2) is 5.75 Å². The highest BCUT2D eigenvalue weighted by molar-refractivity contribution is 14.1. The van der Waals surface area contributed by atoms with E-state index in [4.69, 9.17) is 5.11 Å². The Bertz CT molecular complexity index is 368. The lowest BCUT2D eigenvalue weighted by Crippen LogP contribution is -2.18. The Hall–Kier alpha value is -0.570. The van der Waals surface area contributed by atoms with E-state index in [-0.39, 0.29) is 12.4 Å². The zero-order chi connectivity index (χ0) is 11.6. The Kier molecular flexibility index (Phi) is 3.77. The fourth-order valence-corrected chi connectivity index (χ4v) is 1.53. The van der Waals surface area contributed by atoms with Crippen LogP contribution in [0.4, 0.5) is 13.2 Å². The molecule has 1 rings (SSSR count). The smallest absolute Gasteiger partial charge is 0.404 e. The molecule has 0 aliphatic heterocycles. The van der Waals surface area contributed by atoms with Crippen LogP contribution in [0.25, 0.3) is 0 Å². The maximum Gasteiger partial charge on any atom is 0.573 e. The van der Waals surface area contributed by atoms with E-state index in [2.05, 4.69) is 9.72 Å². The van der Waals surface area contributed by atoms with Crippen molar-refractivity contribution in [1.82, 2.24) is 4.98 Å². The average Bonchev–Trinajstić information content (AvgIpc) is 2.11. The van der Waals surface area contributed by atoms with Crippen molar-refractivity contribution >= 4 is 22.6 Å². The van der Waals surface area contributed by atoms with Gasteiger partial charge >= 0.3 is 6.36 Å². The van der Waals surface area contributed by atoms with Crippen molar-refractivity contribution in [2.45, 2.75) is 19.9 Å². The van der Waals surface area contributed by atoms with Gasteiger partial charge in [-0.3, -0.25) is 4.98 Å². The first-order chi connectivity index (χ1) is 6.85. The zero-order valence-corrected chi connectivity index (χ0v) is 9.76. The summed E-state index contributed by atoms with van der Waals surface area (Å²) in [5.41, 5.74) is 0.648. The summed E-state index contributed by atoms with van der Waals surface area (Å²) in [5, 5.41) is 8.84. The van der Waals surface area contributed by atoms with Crippen LogP contribution >= 0.6 is 22.6 Å². The van der Waals surface area contributed by atoms with Gasteiger partial charge in [0, 0.05) is 9.13 Å². The normalized spacial score (nSPS) is 11.6. The molecule has 7 heteroatoms. The molecule has 84 valence electrons. The van der Waals surface area contributed by atoms with Crippen LogP contribution in [0.15, 0.2) is 6.20 Å². The summed E-state index contributed by atoms with van der Waals surface area (Å²) in [7, 11) is 0. The van der Waals surface area contributed by atoms with Gasteiger partial charge in [0.05, 0.1) is 18.5 Å². The molecule has 0 saturated heterocycles. The number of hydrogen-bond donors (Lipinski definition) is 1. The van der Waals surface area contributed by atoms with E-state index in [0.717, 1.165) is 6.20 Å². The van der Waals surface area contributed by atoms with Crippen molar-refractivity contribution in [2.75, 3.05) is 0 Å². The van der Waals surface area contributed by atoms with E-state index in [1.165, 1.54) is 6.92 Å². The third kappa shape index (κ3) is 3.20. The van der Waals surface area contributed by atoms with Crippen molar-refractivity contribution in [3.63, 3.8) is 0 Å². The van der Waals surface area contributed by atoms with Gasteiger partial charge < -0.3 is 9.84 Å². The fraction of sp³-hybridized carbons (Fsp3) is 0.375. The maximum atomic E-state index is 11.9. The number of halogens is 4. The highest BCUT2D eigenvalue weighted by Gasteiger charge is 2.32. The largest absolute Gasteiger partial charge is 0.573 e. The maximum absolute atomic E-state index is 11.9. The molecule has 0 bridgehead atoms. The van der Waals surface area contributed by atoms with Gasteiger partial charge in [-0.25, -0.2) is 0 Å². The second-order valence-corrected chi connectivity index (χ2v) is 3.79. The molecule has 0 radical (unpaired) electrons. The number of pyridine rings is 1. The Morgan fingerprint density at radius 2 is 2.13 bits per heavy atom. The first kappa shape index (κ1) is 12.5. The molecule has 0 aromatic carbocycles. The molecule has 0 spiro atoms. The highest BCUT2D eigenvalue weighted by atomic mass is 127. The van der Waals surface area contributed by atoms with E-state index in [1.54, 1.807) is 0 Å². The molecule has 0 amide bonds. The monoisotopic (exact) mass is 333 g/mol. The fourth-order valence-electron chi connectivity index (χ4n) is 0.952. The van der Waals surface area contributed by atoms with Crippen LogP contribution in [-0.4, -0.2) is 16.5 Å². The van der Waals surface area contributed by atoms with Crippen LogP contribution in [0.3, 0.4) is 0 Å². The highest BCUT2D eigenvalue weighted by Crippen LogP contribution is 2.29. The summed E-state index contributed by atoms with van der Waals surface area (Å²) in [4.78, 5) is 3.66. The third-order valence-corrected chi connectivity index (χ3v) is 3.10. The van der Waals surface area contributed by atoms with Crippen LogP contribution in [-0.2, 0) is 6.61 Å². The first-order valence-corrected chi connectivity index (χ1v) is 4.93. The van der Waals surface area contributed by atoms with Crippen molar-refractivity contribution in [3.05, 3.63) is 21.0 Å². The number of rotatable bonds is 2. The number of alkyl halides is 3. The quantitative estimate of drug-likeness (QED) is 0.845. The number of nitrogens with zero attached hydrogens (tertiary/aromatic N) is 1. The van der Waals surface area contributed by atoms with Crippen molar-refractivity contribution < 1.29 is 23.0 Å². The van der Waals surface area contributed by atoms with Gasteiger partial charge in [0.2, 0.25) is 0 Å². The molecule has 0 atom stereocenters. The molecule has 15 heavy (non-hydrogen) atoms. The summed E-state index contributed by atoms with van der Waals surface area (Å²) in [6.45, 7) is 1.16. The predicted molar refractivity (Wildman–Crippen MR) is 54.3 cm³/mol. The molecule has 0 saturated carbocycles. The number of ether oxygens (including phenoxy) is 1. The van der Waals surface area contributed by atoms with Gasteiger partial charge in [-0.05, 0) is 29.5 Å². The number of aliphatic hydroxyl groups is 1. The molecule has 0 unspecified atom stereocenters. The van der Waals surface area contributed by atoms with Gasteiger partial charge in [-0.15, -0.1) is 13.2 Å². The van der Waals surface area contributed by atoms with Gasteiger partial charge in [0.25, 0.3) is 0 Å². The molecule has 1 aromatic heterocycles. The standard InChI is InChI=1S/C8H7F3INO2/c1-4-6(15-8(9,10)11)2-13-5(3-14)7(4)12/h2,14H,3H2,1H3. The molecule has 1 aromatic rings. The topological polar surface area (TPSA) is 42.4 Å². The van der Waals surface area contributed by atoms with Crippen molar-refractivity contribution in [3.8, 4) is 5.75 Å². The van der Waals surface area contributed by atoms with E-state index in [9.17, 15) is 13.2 Å². The minimum Gasteiger partial charge on any atom is -0.404 e. The number of aliphatic hydroxyl groups excluding tert-OH is 1. The van der Waals surface area contributed by atoms with Crippen molar-refractivity contribution in [2.24, 2.45) is 0 Å². The van der Waals surface area contributed by atoms with E-state index >= 15 is 0 Å². The van der Waals surface area contributed by atoms with Crippen LogP contribution in [0.1, 0.15) is 11.3 Å². The van der Waals surface area contributed by atoms with E-state index in [0.29, 0.717) is 14.8 Å². The predicted octanol–water partition coefficient (Wildman–Crippen LogP) is 2.39. The van der Waals surface area contributed by atoms with Gasteiger partial charge in [0.1, 0.15) is 0 Å². The Morgan fingerprint density at radius 3 is 2.60 bits per heavy atom. The second-order valence-electron chi connectivity index (χ2n) is 2.71. The third-order valence-electron chi connectivity index (χ3n) is 1.67. The molecule has 1 N–H and O–H groups in total. The number of aromatic nitrogens is 1. The summed E-state index contributed by atoms with van der Waals surface area (Å²) in [6, 6.07) is 0. The summed E-state index contributed by atoms with van der Waals surface area (Å²) in [5.74, 6) is -0.343. The molecule has 0 aliphatic carbocycles. The molecular formula is C8H7F3INO2. The molecule has 0 aliphatic rings. The summed E-state index contributed by atoms with van der Waals surface area (Å²) < 4.78 is 40.0. The lowest BCUT2D eigenvalue weighted by Gasteiger charge is -2.13. The lowest BCUT2D eigenvalue weighted by molar-refractivity contribution is -0.275. The Balaban J connectivity index is 3.07. The van der Waals surface area contributed by atoms with Crippen LogP contribution < -0.4 is 4.74 Å². The molecule has 3 nitrogen and oxygen atoms in total. The molecule has 0 fully saturated rings. The summed E-state index contributed by atoms with van der Waals surface area (Å²) >= 11 is 1.81. The van der Waals surface area contributed by atoms with E-state index in [1.807, 2.05) is 22.6 Å². The summed E-state index contributed by atoms with van der Waals surface area (Å²) in [6.07, 6.45) is -3.77. The number of hydrogen-bond acceptors (Lipinski definition) is 3. The first-order valence-electron chi connectivity index (χ1n) is 3.85. The SMILES string of the molecule is Cc1c(OC(F)(F)F)cnc(CO)c1I. The lowest BCUT2D eigenvalue weighted by atomic mass is 10.2. The minimum atomic E-state index is -4.73. The Labute approximate surface area is 97.4 Å².